The van der Waals surface area contributed by atoms with Gasteiger partial charge < -0.3 is 15.2 Å². The standard InChI is InChI=1S/C19H18ClN3O2S/c20-17-8-7-16(26-17)19(25)23-9-3-6-15(23)18(24)21-11-13-10-12-4-1-2-5-14(12)22-13/h1-2,4-5,7-8,10,15,22H,3,6,9,11H2,(H,21,24)/t15-/m1/s1. The number of hydrogen-bond acceptors (Lipinski definition) is 3. The quantitative estimate of drug-likeness (QED) is 0.715. The Morgan fingerprint density at radius 1 is 1.27 bits per heavy atom. The number of fused-ring (bicyclic) bond motifs is 1. The number of hydrogen-bond donors (Lipinski definition) is 2. The molecule has 1 fully saturated rings. The van der Waals surface area contributed by atoms with Crippen LogP contribution in [0.1, 0.15) is 28.2 Å². The maximum Gasteiger partial charge on any atom is 0.264 e. The summed E-state index contributed by atoms with van der Waals surface area (Å²) in [6, 6.07) is 13.0. The van der Waals surface area contributed by atoms with E-state index in [0.29, 0.717) is 28.7 Å². The molecule has 134 valence electrons. The van der Waals surface area contributed by atoms with Crippen LogP contribution in [0.3, 0.4) is 0 Å². The van der Waals surface area contributed by atoms with Gasteiger partial charge in [-0.2, -0.15) is 0 Å². The number of nitrogens with one attached hydrogen (secondary N) is 2. The van der Waals surface area contributed by atoms with E-state index in [-0.39, 0.29) is 11.8 Å². The van der Waals surface area contributed by atoms with Gasteiger partial charge in [0, 0.05) is 17.8 Å². The Hall–Kier alpha value is -2.31. The van der Waals surface area contributed by atoms with Crippen LogP contribution >= 0.6 is 22.9 Å². The fraction of sp³-hybridized carbons (Fsp3) is 0.263. The average molecular weight is 388 g/mol. The molecule has 3 aromatic rings. The van der Waals surface area contributed by atoms with Crippen molar-refractivity contribution < 1.29 is 9.59 Å². The van der Waals surface area contributed by atoms with Crippen molar-refractivity contribution in [1.29, 1.82) is 0 Å². The van der Waals surface area contributed by atoms with Crippen molar-refractivity contribution in [2.45, 2.75) is 25.4 Å². The highest BCUT2D eigenvalue weighted by Crippen LogP contribution is 2.26. The fourth-order valence-corrected chi connectivity index (χ4v) is 4.38. The van der Waals surface area contributed by atoms with E-state index in [0.717, 1.165) is 23.0 Å². The van der Waals surface area contributed by atoms with E-state index in [4.69, 9.17) is 11.6 Å². The molecule has 2 aromatic heterocycles. The molecule has 0 unspecified atom stereocenters. The third-order valence-corrected chi connectivity index (χ3v) is 5.86. The SMILES string of the molecule is O=C(NCc1cc2ccccc2[nH]1)[C@H]1CCCN1C(=O)c1ccc(Cl)s1. The van der Waals surface area contributed by atoms with Gasteiger partial charge in [-0.1, -0.05) is 29.8 Å². The van der Waals surface area contributed by atoms with Crippen LogP contribution in [-0.2, 0) is 11.3 Å². The third-order valence-electron chi connectivity index (χ3n) is 4.64. The van der Waals surface area contributed by atoms with Gasteiger partial charge in [0.1, 0.15) is 6.04 Å². The highest BCUT2D eigenvalue weighted by atomic mass is 35.5. The summed E-state index contributed by atoms with van der Waals surface area (Å²) in [5.74, 6) is -0.234. The Morgan fingerprint density at radius 3 is 2.88 bits per heavy atom. The zero-order valence-corrected chi connectivity index (χ0v) is 15.6. The Bertz CT molecular complexity index is 932. The van der Waals surface area contributed by atoms with Crippen molar-refractivity contribution in [2.24, 2.45) is 0 Å². The highest BCUT2D eigenvalue weighted by Gasteiger charge is 2.34. The van der Waals surface area contributed by atoms with E-state index in [2.05, 4.69) is 10.3 Å². The monoisotopic (exact) mass is 387 g/mol. The van der Waals surface area contributed by atoms with Crippen molar-refractivity contribution in [3.8, 4) is 0 Å². The summed E-state index contributed by atoms with van der Waals surface area (Å²) in [7, 11) is 0. The molecule has 0 radical (unpaired) electrons. The molecule has 1 aromatic carbocycles. The first kappa shape index (κ1) is 17.1. The number of H-pyrrole nitrogens is 1. The van der Waals surface area contributed by atoms with Crippen LogP contribution in [0.15, 0.2) is 42.5 Å². The molecule has 26 heavy (non-hydrogen) atoms. The molecule has 0 aliphatic carbocycles. The lowest BCUT2D eigenvalue weighted by molar-refractivity contribution is -0.125. The Morgan fingerprint density at radius 2 is 2.12 bits per heavy atom. The number of carbonyl (C=O) groups excluding carboxylic acids is 2. The molecular formula is C19H18ClN3O2S. The lowest BCUT2D eigenvalue weighted by Crippen LogP contribution is -2.45. The fourth-order valence-electron chi connectivity index (χ4n) is 3.38. The minimum Gasteiger partial charge on any atom is -0.357 e. The van der Waals surface area contributed by atoms with Crippen LogP contribution in [0.25, 0.3) is 10.9 Å². The summed E-state index contributed by atoms with van der Waals surface area (Å²) in [5.41, 5.74) is 1.99. The average Bonchev–Trinajstić information content (AvgIpc) is 3.37. The molecule has 7 heteroatoms. The maximum absolute atomic E-state index is 12.7. The van der Waals surface area contributed by atoms with Gasteiger partial charge in [-0.05, 0) is 42.5 Å². The zero-order valence-electron chi connectivity index (χ0n) is 14.0. The predicted molar refractivity (Wildman–Crippen MR) is 104 cm³/mol. The Labute approximate surface area is 160 Å². The van der Waals surface area contributed by atoms with Gasteiger partial charge in [0.15, 0.2) is 0 Å². The van der Waals surface area contributed by atoms with Crippen molar-refractivity contribution in [2.75, 3.05) is 6.54 Å². The first-order valence-electron chi connectivity index (χ1n) is 8.52. The number of carbonyl (C=O) groups is 2. The largest absolute Gasteiger partial charge is 0.357 e. The normalized spacial score (nSPS) is 17.0. The van der Waals surface area contributed by atoms with Crippen LogP contribution in [-0.4, -0.2) is 34.3 Å². The summed E-state index contributed by atoms with van der Waals surface area (Å²) in [5, 5.41) is 4.07. The third kappa shape index (κ3) is 3.34. The second-order valence-electron chi connectivity index (χ2n) is 6.36. The molecule has 2 amide bonds. The van der Waals surface area contributed by atoms with E-state index in [1.807, 2.05) is 30.3 Å². The predicted octanol–water partition coefficient (Wildman–Crippen LogP) is 3.80. The van der Waals surface area contributed by atoms with E-state index in [9.17, 15) is 9.59 Å². The first-order chi connectivity index (χ1) is 12.6. The number of benzene rings is 1. The molecule has 3 heterocycles. The second kappa shape index (κ2) is 7.13. The number of nitrogens with zero attached hydrogens (tertiary/aromatic N) is 1. The second-order valence-corrected chi connectivity index (χ2v) is 8.08. The van der Waals surface area contributed by atoms with Gasteiger partial charge in [0.05, 0.1) is 15.8 Å². The van der Waals surface area contributed by atoms with E-state index < -0.39 is 6.04 Å². The molecule has 0 bridgehead atoms. The number of aromatic amines is 1. The maximum atomic E-state index is 12.7. The Balaban J connectivity index is 1.42. The zero-order chi connectivity index (χ0) is 18.1. The van der Waals surface area contributed by atoms with Gasteiger partial charge in [0.2, 0.25) is 5.91 Å². The molecule has 1 aliphatic rings. The van der Waals surface area contributed by atoms with Crippen molar-refractivity contribution in [3.63, 3.8) is 0 Å². The van der Waals surface area contributed by atoms with E-state index in [1.54, 1.807) is 17.0 Å². The van der Waals surface area contributed by atoms with Gasteiger partial charge >= 0.3 is 0 Å². The number of halogens is 1. The summed E-state index contributed by atoms with van der Waals surface area (Å²) in [6.45, 7) is 1.01. The topological polar surface area (TPSA) is 65.2 Å². The summed E-state index contributed by atoms with van der Waals surface area (Å²) in [6.07, 6.45) is 1.51. The van der Waals surface area contributed by atoms with E-state index in [1.165, 1.54) is 11.3 Å². The number of para-hydroxylation sites is 1. The number of likely N-dealkylation sites (tertiary alicyclic amines) is 1. The lowest BCUT2D eigenvalue weighted by atomic mass is 10.2. The summed E-state index contributed by atoms with van der Waals surface area (Å²) in [4.78, 5) is 30.8. The van der Waals surface area contributed by atoms with Gasteiger partial charge in [0.25, 0.3) is 5.91 Å². The van der Waals surface area contributed by atoms with Crippen molar-refractivity contribution in [1.82, 2.24) is 15.2 Å². The number of amides is 2. The van der Waals surface area contributed by atoms with Gasteiger partial charge in [-0.3, -0.25) is 9.59 Å². The van der Waals surface area contributed by atoms with Crippen LogP contribution in [0.4, 0.5) is 0 Å². The smallest absolute Gasteiger partial charge is 0.264 e. The lowest BCUT2D eigenvalue weighted by Gasteiger charge is -2.23. The summed E-state index contributed by atoms with van der Waals surface area (Å²) < 4.78 is 0.576. The molecule has 0 spiro atoms. The number of thiophene rings is 1. The molecule has 1 aliphatic heterocycles. The Kier molecular flexibility index (Phi) is 4.70. The number of aromatic nitrogens is 1. The molecule has 2 N–H and O–H groups in total. The minimum absolute atomic E-state index is 0.114. The molecule has 5 nitrogen and oxygen atoms in total. The molecule has 4 rings (SSSR count). The molecule has 0 saturated carbocycles. The van der Waals surface area contributed by atoms with E-state index >= 15 is 0 Å². The first-order valence-corrected chi connectivity index (χ1v) is 9.72. The molecule has 1 saturated heterocycles. The van der Waals surface area contributed by atoms with Crippen molar-refractivity contribution >= 4 is 45.7 Å². The highest BCUT2D eigenvalue weighted by molar-refractivity contribution is 7.18. The minimum atomic E-state index is -0.423. The van der Waals surface area contributed by atoms with Gasteiger partial charge in [-0.25, -0.2) is 0 Å². The van der Waals surface area contributed by atoms with Crippen LogP contribution in [0.2, 0.25) is 4.34 Å². The van der Waals surface area contributed by atoms with Crippen molar-refractivity contribution in [3.05, 3.63) is 57.4 Å². The summed E-state index contributed by atoms with van der Waals surface area (Å²) >= 11 is 7.17. The van der Waals surface area contributed by atoms with Gasteiger partial charge in [-0.15, -0.1) is 11.3 Å². The number of rotatable bonds is 4. The molecular weight excluding hydrogens is 370 g/mol. The molecule has 1 atom stereocenters. The van der Waals surface area contributed by atoms with Crippen LogP contribution < -0.4 is 5.32 Å². The van der Waals surface area contributed by atoms with Crippen LogP contribution in [0, 0.1) is 0 Å². The van der Waals surface area contributed by atoms with Crippen LogP contribution in [0.5, 0.6) is 0 Å².